The Hall–Kier alpha value is -2.33. The van der Waals surface area contributed by atoms with Crippen molar-refractivity contribution in [2.45, 2.75) is 33.2 Å². The van der Waals surface area contributed by atoms with Gasteiger partial charge in [-0.25, -0.2) is 0 Å². The number of aryl methyl sites for hydroxylation is 1. The van der Waals surface area contributed by atoms with Crippen LogP contribution in [0.15, 0.2) is 48.5 Å². The van der Waals surface area contributed by atoms with Gasteiger partial charge in [-0.2, -0.15) is 0 Å². The zero-order chi connectivity index (χ0) is 17.9. The van der Waals surface area contributed by atoms with Crippen LogP contribution in [0, 0.1) is 0 Å². The second-order valence-corrected chi connectivity index (χ2v) is 5.63. The van der Waals surface area contributed by atoms with E-state index in [4.69, 9.17) is 5.73 Å². The van der Waals surface area contributed by atoms with Gasteiger partial charge in [0, 0.05) is 19.2 Å². The van der Waals surface area contributed by atoms with Crippen molar-refractivity contribution in [2.75, 3.05) is 13.6 Å². The average Bonchev–Trinajstić information content (AvgIpc) is 2.63. The number of nitrogens with two attached hydrogens (primary N) is 1. The molecule has 2 rings (SSSR count). The van der Waals surface area contributed by atoms with Crippen molar-refractivity contribution < 1.29 is 9.90 Å². The van der Waals surface area contributed by atoms with Gasteiger partial charge in [-0.1, -0.05) is 44.2 Å². The summed E-state index contributed by atoms with van der Waals surface area (Å²) in [6.45, 7) is 5.45. The predicted molar refractivity (Wildman–Crippen MR) is 99.1 cm³/mol. The maximum atomic E-state index is 12.5. The molecular weight excluding hydrogens is 300 g/mol. The third-order valence-electron chi connectivity index (χ3n) is 3.62. The molecule has 0 spiro atoms. The van der Waals surface area contributed by atoms with Crippen LogP contribution in [0.1, 0.15) is 41.8 Å². The summed E-state index contributed by atoms with van der Waals surface area (Å²) in [7, 11) is 1.79. The summed E-state index contributed by atoms with van der Waals surface area (Å²) in [4.78, 5) is 14.2. The molecule has 0 saturated carbocycles. The molecule has 2 aromatic carbocycles. The Morgan fingerprint density at radius 2 is 1.67 bits per heavy atom. The number of amides is 1. The largest absolute Gasteiger partial charge is 0.508 e. The molecule has 24 heavy (non-hydrogen) atoms. The van der Waals surface area contributed by atoms with E-state index < -0.39 is 0 Å². The number of carbonyl (C=O) groups excluding carboxylic acids is 1. The number of benzene rings is 2. The van der Waals surface area contributed by atoms with Crippen LogP contribution in [-0.2, 0) is 13.0 Å². The zero-order valence-corrected chi connectivity index (χ0v) is 14.8. The smallest absolute Gasteiger partial charge is 0.254 e. The number of phenols is 1. The van der Waals surface area contributed by atoms with E-state index in [1.165, 1.54) is 0 Å². The van der Waals surface area contributed by atoms with Gasteiger partial charge in [-0.15, -0.1) is 0 Å². The molecule has 130 valence electrons. The number of rotatable bonds is 5. The molecule has 4 heteroatoms. The minimum atomic E-state index is 0.0236. The first-order chi connectivity index (χ1) is 11.5. The van der Waals surface area contributed by atoms with Crippen molar-refractivity contribution in [1.82, 2.24) is 4.90 Å². The first kappa shape index (κ1) is 19.7. The van der Waals surface area contributed by atoms with Crippen LogP contribution in [0.5, 0.6) is 5.75 Å². The van der Waals surface area contributed by atoms with Gasteiger partial charge in [0.1, 0.15) is 5.75 Å². The lowest BCUT2D eigenvalue weighted by atomic mass is 10.0. The van der Waals surface area contributed by atoms with Crippen LogP contribution in [0.4, 0.5) is 0 Å². The minimum absolute atomic E-state index is 0.0236. The summed E-state index contributed by atoms with van der Waals surface area (Å²) in [5.41, 5.74) is 7.85. The molecule has 0 atom stereocenters. The predicted octanol–water partition coefficient (Wildman–Crippen LogP) is 3.58. The Balaban J connectivity index is 0.000000648. The lowest BCUT2D eigenvalue weighted by Crippen LogP contribution is -2.27. The number of nitrogens with zero attached hydrogens (tertiary/aromatic N) is 1. The Bertz CT molecular complexity index is 622. The van der Waals surface area contributed by atoms with Crippen molar-refractivity contribution >= 4 is 5.91 Å². The molecule has 0 bridgehead atoms. The number of phenolic OH excluding ortho intramolecular Hbond substituents is 1. The van der Waals surface area contributed by atoms with Crippen molar-refractivity contribution in [1.29, 1.82) is 0 Å². The van der Waals surface area contributed by atoms with Crippen molar-refractivity contribution in [3.05, 3.63) is 65.2 Å². The molecular formula is C20H28N2O2. The van der Waals surface area contributed by atoms with Gasteiger partial charge in [0.2, 0.25) is 0 Å². The Kier molecular flexibility index (Phi) is 8.58. The monoisotopic (exact) mass is 328 g/mol. The highest BCUT2D eigenvalue weighted by Crippen LogP contribution is 2.15. The van der Waals surface area contributed by atoms with Gasteiger partial charge in [0.15, 0.2) is 0 Å². The van der Waals surface area contributed by atoms with Gasteiger partial charge in [0.25, 0.3) is 5.91 Å². The number of hydrogen-bond acceptors (Lipinski definition) is 3. The van der Waals surface area contributed by atoms with E-state index >= 15 is 0 Å². The SMILES string of the molecule is CCCN.CCc1ccccc1C(=O)N(C)Cc1ccc(O)cc1. The standard InChI is InChI=1S/C17H19NO2.C3H9N/c1-3-14-6-4-5-7-16(14)17(20)18(2)12-13-8-10-15(19)11-9-13;1-2-3-4/h4-11,19H,3,12H2,1-2H3;2-4H2,1H3. The molecule has 2 aromatic rings. The first-order valence-electron chi connectivity index (χ1n) is 8.34. The van der Waals surface area contributed by atoms with Crippen LogP contribution >= 0.6 is 0 Å². The molecule has 0 aliphatic carbocycles. The maximum Gasteiger partial charge on any atom is 0.254 e. The number of carbonyl (C=O) groups is 1. The molecule has 0 radical (unpaired) electrons. The van der Waals surface area contributed by atoms with Crippen LogP contribution < -0.4 is 5.73 Å². The minimum Gasteiger partial charge on any atom is -0.508 e. The second-order valence-electron chi connectivity index (χ2n) is 5.63. The van der Waals surface area contributed by atoms with E-state index in [1.54, 1.807) is 24.1 Å². The molecule has 3 N–H and O–H groups in total. The molecule has 4 nitrogen and oxygen atoms in total. The van der Waals surface area contributed by atoms with Gasteiger partial charge in [-0.3, -0.25) is 4.79 Å². The van der Waals surface area contributed by atoms with Crippen molar-refractivity contribution in [3.63, 3.8) is 0 Å². The maximum absolute atomic E-state index is 12.5. The van der Waals surface area contributed by atoms with Gasteiger partial charge >= 0.3 is 0 Å². The fourth-order valence-electron chi connectivity index (χ4n) is 2.19. The topological polar surface area (TPSA) is 66.6 Å². The lowest BCUT2D eigenvalue weighted by Gasteiger charge is -2.19. The van der Waals surface area contributed by atoms with Crippen LogP contribution in [0.25, 0.3) is 0 Å². The molecule has 0 aliphatic heterocycles. The van der Waals surface area contributed by atoms with E-state index in [0.29, 0.717) is 6.54 Å². The molecule has 0 unspecified atom stereocenters. The Labute approximate surface area is 144 Å². The summed E-state index contributed by atoms with van der Waals surface area (Å²) < 4.78 is 0. The third kappa shape index (κ3) is 6.05. The fourth-order valence-corrected chi connectivity index (χ4v) is 2.19. The van der Waals surface area contributed by atoms with Crippen LogP contribution in [-0.4, -0.2) is 29.5 Å². The summed E-state index contributed by atoms with van der Waals surface area (Å²) >= 11 is 0. The zero-order valence-electron chi connectivity index (χ0n) is 14.8. The molecule has 0 saturated heterocycles. The number of hydrogen-bond donors (Lipinski definition) is 2. The van der Waals surface area contributed by atoms with E-state index in [0.717, 1.165) is 36.1 Å². The Morgan fingerprint density at radius 1 is 1.08 bits per heavy atom. The van der Waals surface area contributed by atoms with E-state index in [2.05, 4.69) is 6.92 Å². The lowest BCUT2D eigenvalue weighted by molar-refractivity contribution is 0.0784. The normalized spacial score (nSPS) is 9.83. The summed E-state index contributed by atoms with van der Waals surface area (Å²) in [5.74, 6) is 0.259. The number of aromatic hydroxyl groups is 1. The highest BCUT2D eigenvalue weighted by atomic mass is 16.3. The summed E-state index contributed by atoms with van der Waals surface area (Å²) in [6.07, 6.45) is 1.94. The van der Waals surface area contributed by atoms with Gasteiger partial charge in [0.05, 0.1) is 0 Å². The molecule has 1 amide bonds. The molecule has 0 heterocycles. The van der Waals surface area contributed by atoms with E-state index in [-0.39, 0.29) is 11.7 Å². The summed E-state index contributed by atoms with van der Waals surface area (Å²) in [6, 6.07) is 14.6. The first-order valence-corrected chi connectivity index (χ1v) is 8.34. The van der Waals surface area contributed by atoms with Crippen molar-refractivity contribution in [3.8, 4) is 5.75 Å². The Morgan fingerprint density at radius 3 is 2.21 bits per heavy atom. The molecule has 0 aromatic heterocycles. The van der Waals surface area contributed by atoms with E-state index in [1.807, 2.05) is 43.3 Å². The van der Waals surface area contributed by atoms with Gasteiger partial charge in [-0.05, 0) is 48.7 Å². The quantitative estimate of drug-likeness (QED) is 0.881. The molecule has 0 fully saturated rings. The third-order valence-corrected chi connectivity index (χ3v) is 3.62. The van der Waals surface area contributed by atoms with Gasteiger partial charge < -0.3 is 15.7 Å². The fraction of sp³-hybridized carbons (Fsp3) is 0.350. The van der Waals surface area contributed by atoms with Crippen molar-refractivity contribution in [2.24, 2.45) is 5.73 Å². The van der Waals surface area contributed by atoms with Crippen LogP contribution in [0.2, 0.25) is 0 Å². The highest BCUT2D eigenvalue weighted by molar-refractivity contribution is 5.95. The summed E-state index contributed by atoms with van der Waals surface area (Å²) in [5, 5.41) is 9.27. The second kappa shape index (κ2) is 10.4. The average molecular weight is 328 g/mol. The van der Waals surface area contributed by atoms with E-state index in [9.17, 15) is 9.90 Å². The highest BCUT2D eigenvalue weighted by Gasteiger charge is 2.14. The molecule has 0 aliphatic rings. The van der Waals surface area contributed by atoms with Crippen LogP contribution in [0.3, 0.4) is 0 Å².